The normalized spacial score (nSPS) is 18.8. The van der Waals surface area contributed by atoms with Crippen LogP contribution >= 0.6 is 0 Å². The molecule has 182 valence electrons. The molecule has 0 radical (unpaired) electrons. The van der Waals surface area contributed by atoms with Gasteiger partial charge in [0.1, 0.15) is 17.5 Å². The quantitative estimate of drug-likeness (QED) is 0.572. The lowest BCUT2D eigenvalue weighted by atomic mass is 10.1. The number of hydrogen-bond donors (Lipinski definition) is 0. The number of pyridine rings is 1. The number of nitrogens with zero attached hydrogens (tertiary/aromatic N) is 8. The monoisotopic (exact) mass is 478 g/mol. The molecule has 0 saturated carbocycles. The van der Waals surface area contributed by atoms with Crippen LogP contribution < -0.4 is 9.80 Å². The summed E-state index contributed by atoms with van der Waals surface area (Å²) < 4.78 is 14.1. The predicted octanol–water partition coefficient (Wildman–Crippen LogP) is 2.41. The van der Waals surface area contributed by atoms with Crippen molar-refractivity contribution in [2.75, 3.05) is 49.6 Å². The Morgan fingerprint density at radius 1 is 1.00 bits per heavy atom. The van der Waals surface area contributed by atoms with E-state index in [0.717, 1.165) is 5.82 Å². The molecule has 0 aliphatic carbocycles. The Labute approximate surface area is 202 Å². The molecule has 4 heterocycles. The van der Waals surface area contributed by atoms with Crippen molar-refractivity contribution in [2.24, 2.45) is 0 Å². The molecule has 0 unspecified atom stereocenters. The third-order valence-corrected chi connectivity index (χ3v) is 6.58. The molecule has 2 saturated heterocycles. The van der Waals surface area contributed by atoms with Crippen LogP contribution in [0.15, 0.2) is 48.8 Å². The highest BCUT2D eigenvalue weighted by molar-refractivity contribution is 5.98. The number of hydrogen-bond acceptors (Lipinski definition) is 6. The third-order valence-electron chi connectivity index (χ3n) is 6.58. The van der Waals surface area contributed by atoms with Crippen LogP contribution in [0, 0.1) is 5.82 Å². The molecule has 5 rings (SSSR count). The van der Waals surface area contributed by atoms with Crippen LogP contribution in [0.5, 0.6) is 0 Å². The summed E-state index contributed by atoms with van der Waals surface area (Å²) >= 11 is 0. The van der Waals surface area contributed by atoms with E-state index in [1.807, 2.05) is 25.1 Å². The molecule has 2 aliphatic heterocycles. The molecule has 0 N–H and O–H groups in total. The van der Waals surface area contributed by atoms with E-state index in [9.17, 15) is 14.0 Å². The Bertz CT molecular complexity index is 1230. The molecular formula is C24H27FN8O2. The van der Waals surface area contributed by atoms with Crippen molar-refractivity contribution in [3.8, 4) is 5.69 Å². The summed E-state index contributed by atoms with van der Waals surface area (Å²) in [7, 11) is 1.78. The first-order valence-electron chi connectivity index (χ1n) is 11.6. The van der Waals surface area contributed by atoms with Gasteiger partial charge >= 0.3 is 6.03 Å². The third kappa shape index (κ3) is 4.41. The van der Waals surface area contributed by atoms with E-state index in [1.54, 1.807) is 21.7 Å². The number of amides is 3. The molecule has 11 heteroatoms. The molecular weight excluding hydrogens is 451 g/mol. The van der Waals surface area contributed by atoms with Gasteiger partial charge in [-0.2, -0.15) is 15.0 Å². The highest BCUT2D eigenvalue weighted by atomic mass is 19.1. The van der Waals surface area contributed by atoms with Crippen molar-refractivity contribution in [3.05, 3.63) is 60.2 Å². The molecule has 0 spiro atoms. The second kappa shape index (κ2) is 9.32. The summed E-state index contributed by atoms with van der Waals surface area (Å²) in [5.74, 6) is 0.631. The first-order valence-corrected chi connectivity index (χ1v) is 11.6. The Morgan fingerprint density at radius 3 is 2.51 bits per heavy atom. The topological polar surface area (TPSA) is 90.7 Å². The first-order chi connectivity index (χ1) is 16.9. The predicted molar refractivity (Wildman–Crippen MR) is 128 cm³/mol. The van der Waals surface area contributed by atoms with Crippen LogP contribution in [-0.2, 0) is 0 Å². The van der Waals surface area contributed by atoms with E-state index >= 15 is 0 Å². The van der Waals surface area contributed by atoms with Crippen LogP contribution in [0.1, 0.15) is 23.7 Å². The molecule has 3 aromatic rings. The number of carbonyl (C=O) groups excluding carboxylic acids is 2. The number of rotatable bonds is 4. The number of carbonyl (C=O) groups is 2. The summed E-state index contributed by atoms with van der Waals surface area (Å²) in [5.41, 5.74) is 0.655. The van der Waals surface area contributed by atoms with Gasteiger partial charge in [0.15, 0.2) is 0 Å². The molecule has 1 atom stereocenters. The van der Waals surface area contributed by atoms with Crippen LogP contribution in [0.2, 0.25) is 0 Å². The maximum absolute atomic E-state index is 14.1. The largest absolute Gasteiger partial charge is 0.355 e. The van der Waals surface area contributed by atoms with Crippen molar-refractivity contribution in [2.45, 2.75) is 19.4 Å². The maximum atomic E-state index is 14.1. The average molecular weight is 479 g/mol. The molecule has 3 amide bonds. The van der Waals surface area contributed by atoms with E-state index in [0.29, 0.717) is 50.6 Å². The van der Waals surface area contributed by atoms with Gasteiger partial charge in [-0.1, -0.05) is 6.07 Å². The number of urea groups is 1. The van der Waals surface area contributed by atoms with Crippen molar-refractivity contribution in [1.29, 1.82) is 0 Å². The molecule has 2 aromatic heterocycles. The van der Waals surface area contributed by atoms with Gasteiger partial charge in [-0.15, -0.1) is 0 Å². The van der Waals surface area contributed by atoms with Crippen LogP contribution in [0.3, 0.4) is 0 Å². The average Bonchev–Trinajstić information content (AvgIpc) is 3.46. The number of anilines is 2. The number of benzene rings is 1. The van der Waals surface area contributed by atoms with E-state index in [4.69, 9.17) is 4.98 Å². The van der Waals surface area contributed by atoms with Crippen molar-refractivity contribution < 1.29 is 14.0 Å². The standard InChI is InChI=1S/C24H27FN8O2/c1-17-8-11-30(21-4-3-5-22(28-21)32-14-12-29(2)24(32)35)13-15-31(17)23(34)19-16-18(25)6-7-20(19)33-26-9-10-27-33/h3-7,9-10,16-17H,8,11-15H2,1-2H3/t17-/m1/s1. The fourth-order valence-electron chi connectivity index (χ4n) is 4.54. The van der Waals surface area contributed by atoms with E-state index < -0.39 is 5.82 Å². The highest BCUT2D eigenvalue weighted by Crippen LogP contribution is 2.25. The minimum Gasteiger partial charge on any atom is -0.355 e. The fraction of sp³-hybridized carbons (Fsp3) is 0.375. The number of likely N-dealkylation sites (N-methyl/N-ethyl adjacent to an activating group) is 1. The molecule has 2 aliphatic rings. The Kier molecular flexibility index (Phi) is 6.06. The lowest BCUT2D eigenvalue weighted by Gasteiger charge is -2.27. The van der Waals surface area contributed by atoms with Gasteiger partial charge in [0, 0.05) is 45.8 Å². The smallest absolute Gasteiger partial charge is 0.325 e. The molecule has 35 heavy (non-hydrogen) atoms. The van der Waals surface area contributed by atoms with Crippen molar-refractivity contribution >= 4 is 23.6 Å². The van der Waals surface area contributed by atoms with Crippen LogP contribution in [0.4, 0.5) is 20.8 Å². The summed E-state index contributed by atoms with van der Waals surface area (Å²) in [6.45, 7) is 4.97. The zero-order valence-corrected chi connectivity index (χ0v) is 19.7. The number of halogens is 1. The SMILES string of the molecule is C[C@@H]1CCN(c2cccc(N3CCN(C)C3=O)n2)CCN1C(=O)c1cc(F)ccc1-n1nccn1. The van der Waals surface area contributed by atoms with Crippen LogP contribution in [0.25, 0.3) is 5.69 Å². The summed E-state index contributed by atoms with van der Waals surface area (Å²) in [6.07, 6.45) is 3.74. The van der Waals surface area contributed by atoms with Gasteiger partial charge in [-0.25, -0.2) is 14.2 Å². The van der Waals surface area contributed by atoms with E-state index in [1.165, 1.54) is 35.4 Å². The fourth-order valence-corrected chi connectivity index (χ4v) is 4.54. The molecule has 2 fully saturated rings. The lowest BCUT2D eigenvalue weighted by molar-refractivity contribution is 0.0704. The van der Waals surface area contributed by atoms with Gasteiger partial charge in [-0.3, -0.25) is 9.69 Å². The van der Waals surface area contributed by atoms with Gasteiger partial charge in [0.25, 0.3) is 5.91 Å². The zero-order valence-electron chi connectivity index (χ0n) is 19.7. The lowest BCUT2D eigenvalue weighted by Crippen LogP contribution is -2.40. The first kappa shape index (κ1) is 22.8. The van der Waals surface area contributed by atoms with Gasteiger partial charge in [0.05, 0.1) is 23.6 Å². The van der Waals surface area contributed by atoms with E-state index in [2.05, 4.69) is 15.1 Å². The van der Waals surface area contributed by atoms with Gasteiger partial charge < -0.3 is 14.7 Å². The Hall–Kier alpha value is -4.02. The maximum Gasteiger partial charge on any atom is 0.325 e. The molecule has 1 aromatic carbocycles. The summed E-state index contributed by atoms with van der Waals surface area (Å²) in [4.78, 5) is 39.3. The van der Waals surface area contributed by atoms with E-state index in [-0.39, 0.29) is 23.5 Å². The second-order valence-corrected chi connectivity index (χ2v) is 8.81. The van der Waals surface area contributed by atoms with Gasteiger partial charge in [0.2, 0.25) is 0 Å². The summed E-state index contributed by atoms with van der Waals surface area (Å²) in [6, 6.07) is 9.59. The Morgan fingerprint density at radius 2 is 1.77 bits per heavy atom. The Balaban J connectivity index is 1.36. The minimum absolute atomic E-state index is 0.0616. The van der Waals surface area contributed by atoms with Crippen molar-refractivity contribution in [1.82, 2.24) is 29.8 Å². The zero-order chi connectivity index (χ0) is 24.5. The van der Waals surface area contributed by atoms with Gasteiger partial charge in [-0.05, 0) is 43.7 Å². The minimum atomic E-state index is -0.489. The highest BCUT2D eigenvalue weighted by Gasteiger charge is 2.30. The number of aromatic nitrogens is 4. The van der Waals surface area contributed by atoms with Crippen molar-refractivity contribution in [3.63, 3.8) is 0 Å². The molecule has 0 bridgehead atoms. The summed E-state index contributed by atoms with van der Waals surface area (Å²) in [5, 5.41) is 8.22. The molecule has 10 nitrogen and oxygen atoms in total. The van der Waals surface area contributed by atoms with Crippen LogP contribution in [-0.4, -0.2) is 87.5 Å². The second-order valence-electron chi connectivity index (χ2n) is 8.81.